The molecule has 1 atom stereocenters. The van der Waals surface area contributed by atoms with E-state index >= 15 is 0 Å². The fourth-order valence-corrected chi connectivity index (χ4v) is 2.99. The molecule has 1 aromatic carbocycles. The number of halogens is 1. The van der Waals surface area contributed by atoms with E-state index in [9.17, 15) is 9.18 Å². The Hall–Kier alpha value is -2.48. The maximum absolute atomic E-state index is 14.0. The van der Waals surface area contributed by atoms with Crippen molar-refractivity contribution in [3.8, 4) is 11.5 Å². The van der Waals surface area contributed by atoms with Crippen LogP contribution in [0.4, 0.5) is 9.18 Å². The molecule has 0 bridgehead atoms. The van der Waals surface area contributed by atoms with Gasteiger partial charge in [-0.3, -0.25) is 4.90 Å². The maximum Gasteiger partial charge on any atom is 0.409 e. The van der Waals surface area contributed by atoms with Gasteiger partial charge in [-0.2, -0.15) is 4.98 Å². The number of hydrogen-bond acceptors (Lipinski definition) is 6. The molecular weight excluding hydrogens is 339 g/mol. The summed E-state index contributed by atoms with van der Waals surface area (Å²) in [6.07, 6.45) is -0.281. The molecule has 1 aliphatic heterocycles. The minimum absolute atomic E-state index is 0.0929. The molecule has 3 rings (SSSR count). The fraction of sp³-hybridized carbons (Fsp3) is 0.500. The van der Waals surface area contributed by atoms with Gasteiger partial charge in [0.25, 0.3) is 5.89 Å². The summed E-state index contributed by atoms with van der Waals surface area (Å²) in [5, 5.41) is 4.02. The van der Waals surface area contributed by atoms with Crippen molar-refractivity contribution in [2.45, 2.75) is 26.8 Å². The highest BCUT2D eigenvalue weighted by Gasteiger charge is 2.28. The summed E-state index contributed by atoms with van der Waals surface area (Å²) >= 11 is 0. The first kappa shape index (κ1) is 18.3. The van der Waals surface area contributed by atoms with Gasteiger partial charge >= 0.3 is 6.09 Å². The molecule has 0 radical (unpaired) electrons. The molecule has 1 fully saturated rings. The molecule has 2 aromatic rings. The number of benzene rings is 1. The Bertz CT molecular complexity index is 772. The van der Waals surface area contributed by atoms with Crippen LogP contribution in [-0.2, 0) is 4.74 Å². The van der Waals surface area contributed by atoms with Crippen molar-refractivity contribution >= 4 is 6.09 Å². The second-order valence-electron chi connectivity index (χ2n) is 6.34. The number of piperazine rings is 1. The molecule has 1 amide bonds. The molecule has 0 spiro atoms. The van der Waals surface area contributed by atoms with E-state index in [4.69, 9.17) is 9.26 Å². The quantitative estimate of drug-likeness (QED) is 0.833. The normalized spacial score (nSPS) is 16.5. The van der Waals surface area contributed by atoms with Crippen LogP contribution in [0.5, 0.6) is 0 Å². The van der Waals surface area contributed by atoms with E-state index in [0.717, 1.165) is 5.56 Å². The van der Waals surface area contributed by atoms with Gasteiger partial charge in [-0.15, -0.1) is 0 Å². The number of rotatable bonds is 4. The van der Waals surface area contributed by atoms with E-state index in [1.807, 2.05) is 13.8 Å². The highest BCUT2D eigenvalue weighted by molar-refractivity contribution is 5.67. The van der Waals surface area contributed by atoms with Crippen LogP contribution < -0.4 is 0 Å². The van der Waals surface area contributed by atoms with Crippen molar-refractivity contribution in [3.05, 3.63) is 35.4 Å². The smallest absolute Gasteiger partial charge is 0.409 e. The SMILES string of the molecule is CCOC(=O)N1CCN([C@@H](C)c2noc(-c3cc(C)ccc3F)n2)CC1. The summed E-state index contributed by atoms with van der Waals surface area (Å²) < 4.78 is 24.3. The lowest BCUT2D eigenvalue weighted by atomic mass is 10.1. The summed E-state index contributed by atoms with van der Waals surface area (Å²) in [6.45, 7) is 8.55. The molecule has 0 N–H and O–H groups in total. The Kier molecular flexibility index (Phi) is 5.51. The number of ether oxygens (including phenoxy) is 1. The molecule has 1 saturated heterocycles. The van der Waals surface area contributed by atoms with E-state index in [2.05, 4.69) is 15.0 Å². The van der Waals surface area contributed by atoms with Crippen molar-refractivity contribution in [1.82, 2.24) is 19.9 Å². The number of nitrogens with zero attached hydrogens (tertiary/aromatic N) is 4. The summed E-state index contributed by atoms with van der Waals surface area (Å²) in [7, 11) is 0. The third-order valence-corrected chi connectivity index (χ3v) is 4.56. The van der Waals surface area contributed by atoms with Gasteiger partial charge in [0.1, 0.15) is 5.82 Å². The van der Waals surface area contributed by atoms with Crippen molar-refractivity contribution in [1.29, 1.82) is 0 Å². The molecule has 0 unspecified atom stereocenters. The zero-order valence-electron chi connectivity index (χ0n) is 15.2. The standard InChI is InChI=1S/C18H23FN4O3/c1-4-25-18(24)23-9-7-22(8-10-23)13(3)16-20-17(26-21-16)14-11-12(2)5-6-15(14)19/h5-6,11,13H,4,7-10H2,1-3H3/t13-/m0/s1. The average molecular weight is 362 g/mol. The third kappa shape index (κ3) is 3.85. The van der Waals surface area contributed by atoms with Crippen LogP contribution in [0.1, 0.15) is 31.3 Å². The summed E-state index contributed by atoms with van der Waals surface area (Å²) in [5.41, 5.74) is 1.23. The maximum atomic E-state index is 14.0. The largest absolute Gasteiger partial charge is 0.450 e. The van der Waals surface area contributed by atoms with E-state index in [1.165, 1.54) is 6.07 Å². The van der Waals surface area contributed by atoms with E-state index in [0.29, 0.717) is 44.2 Å². The number of amides is 1. The Morgan fingerprint density at radius 2 is 2.08 bits per heavy atom. The number of carbonyl (C=O) groups excluding carboxylic acids is 1. The first-order valence-corrected chi connectivity index (χ1v) is 8.75. The first-order valence-electron chi connectivity index (χ1n) is 8.75. The zero-order valence-corrected chi connectivity index (χ0v) is 15.2. The summed E-state index contributed by atoms with van der Waals surface area (Å²) in [4.78, 5) is 20.0. The average Bonchev–Trinajstić information content (AvgIpc) is 3.13. The van der Waals surface area contributed by atoms with Gasteiger partial charge in [-0.05, 0) is 32.9 Å². The van der Waals surface area contributed by atoms with Crippen LogP contribution in [0.25, 0.3) is 11.5 Å². The molecule has 26 heavy (non-hydrogen) atoms. The summed E-state index contributed by atoms with van der Waals surface area (Å²) in [5.74, 6) is 0.296. The lowest BCUT2D eigenvalue weighted by Crippen LogP contribution is -2.49. The van der Waals surface area contributed by atoms with E-state index in [-0.39, 0.29) is 23.8 Å². The van der Waals surface area contributed by atoms with Gasteiger partial charge in [0.2, 0.25) is 0 Å². The van der Waals surface area contributed by atoms with Crippen LogP contribution in [0.3, 0.4) is 0 Å². The lowest BCUT2D eigenvalue weighted by Gasteiger charge is -2.36. The predicted molar refractivity (Wildman–Crippen MR) is 93.0 cm³/mol. The Labute approximate surface area is 151 Å². The third-order valence-electron chi connectivity index (χ3n) is 4.56. The minimum Gasteiger partial charge on any atom is -0.450 e. The van der Waals surface area contributed by atoms with E-state index < -0.39 is 0 Å². The van der Waals surface area contributed by atoms with Crippen molar-refractivity contribution in [2.24, 2.45) is 0 Å². The predicted octanol–water partition coefficient (Wildman–Crippen LogP) is 3.02. The molecule has 0 aliphatic carbocycles. The van der Waals surface area contributed by atoms with Gasteiger partial charge in [-0.1, -0.05) is 16.8 Å². The molecule has 140 valence electrons. The van der Waals surface area contributed by atoms with E-state index in [1.54, 1.807) is 24.0 Å². The van der Waals surface area contributed by atoms with Crippen LogP contribution in [0.15, 0.2) is 22.7 Å². The summed E-state index contributed by atoms with van der Waals surface area (Å²) in [6, 6.07) is 4.69. The van der Waals surface area contributed by atoms with Gasteiger partial charge in [0.15, 0.2) is 5.82 Å². The van der Waals surface area contributed by atoms with Crippen molar-refractivity contribution < 1.29 is 18.4 Å². The number of aromatic nitrogens is 2. The van der Waals surface area contributed by atoms with Gasteiger partial charge < -0.3 is 14.2 Å². The van der Waals surface area contributed by atoms with Gasteiger partial charge in [0, 0.05) is 26.2 Å². The zero-order chi connectivity index (χ0) is 18.7. The molecule has 7 nitrogen and oxygen atoms in total. The fourth-order valence-electron chi connectivity index (χ4n) is 2.99. The molecule has 1 aliphatic rings. The van der Waals surface area contributed by atoms with Crippen LogP contribution in [0, 0.1) is 12.7 Å². The van der Waals surface area contributed by atoms with Crippen molar-refractivity contribution in [3.63, 3.8) is 0 Å². The number of carbonyl (C=O) groups is 1. The van der Waals surface area contributed by atoms with Crippen LogP contribution in [0.2, 0.25) is 0 Å². The Morgan fingerprint density at radius 1 is 1.35 bits per heavy atom. The van der Waals surface area contributed by atoms with Crippen LogP contribution in [-0.4, -0.2) is 58.8 Å². The number of aryl methyl sites for hydroxylation is 1. The molecular formula is C18H23FN4O3. The van der Waals surface area contributed by atoms with Crippen molar-refractivity contribution in [2.75, 3.05) is 32.8 Å². The number of hydrogen-bond donors (Lipinski definition) is 0. The second-order valence-corrected chi connectivity index (χ2v) is 6.34. The molecule has 8 heteroatoms. The minimum atomic E-state index is -0.387. The van der Waals surface area contributed by atoms with Gasteiger partial charge in [-0.25, -0.2) is 9.18 Å². The second kappa shape index (κ2) is 7.82. The lowest BCUT2D eigenvalue weighted by molar-refractivity contribution is 0.0669. The Morgan fingerprint density at radius 3 is 2.77 bits per heavy atom. The topological polar surface area (TPSA) is 71.7 Å². The highest BCUT2D eigenvalue weighted by atomic mass is 19.1. The van der Waals surface area contributed by atoms with Crippen LogP contribution >= 0.6 is 0 Å². The molecule has 2 heterocycles. The van der Waals surface area contributed by atoms with Gasteiger partial charge in [0.05, 0.1) is 18.2 Å². The molecule has 1 aromatic heterocycles. The Balaban J connectivity index is 1.66. The first-order chi connectivity index (χ1) is 12.5. The molecule has 0 saturated carbocycles. The monoisotopic (exact) mass is 362 g/mol. The highest BCUT2D eigenvalue weighted by Crippen LogP contribution is 2.26.